The summed E-state index contributed by atoms with van der Waals surface area (Å²) in [6.45, 7) is 0.399. The summed E-state index contributed by atoms with van der Waals surface area (Å²) in [4.78, 5) is 13.9. The number of carbonyl (C=O) groups is 1. The molecule has 0 aliphatic carbocycles. The molecular formula is C14H19N5O2. The minimum atomic E-state index is -0.340. The molecule has 21 heavy (non-hydrogen) atoms. The zero-order valence-electron chi connectivity index (χ0n) is 12.1. The monoisotopic (exact) mass is 289 g/mol. The second-order valence-corrected chi connectivity index (χ2v) is 4.71. The summed E-state index contributed by atoms with van der Waals surface area (Å²) in [5, 5.41) is 18.3. The highest BCUT2D eigenvalue weighted by atomic mass is 16.3. The van der Waals surface area contributed by atoms with Crippen LogP contribution in [0.4, 0.5) is 21.9 Å². The van der Waals surface area contributed by atoms with Crippen molar-refractivity contribution in [3.8, 4) is 0 Å². The van der Waals surface area contributed by atoms with Gasteiger partial charge in [-0.1, -0.05) is 12.1 Å². The van der Waals surface area contributed by atoms with Gasteiger partial charge in [-0.05, 0) is 12.1 Å². The second-order valence-electron chi connectivity index (χ2n) is 4.71. The number of carbonyl (C=O) groups excluding carboxylic acids is 1. The van der Waals surface area contributed by atoms with Crippen LogP contribution < -0.4 is 15.5 Å². The van der Waals surface area contributed by atoms with Gasteiger partial charge in [-0.15, -0.1) is 0 Å². The van der Waals surface area contributed by atoms with Crippen LogP contribution >= 0.6 is 0 Å². The van der Waals surface area contributed by atoms with Crippen molar-refractivity contribution in [2.45, 2.75) is 6.54 Å². The van der Waals surface area contributed by atoms with Crippen LogP contribution in [0, 0.1) is 0 Å². The summed E-state index contributed by atoms with van der Waals surface area (Å²) in [5.74, 6) is 0. The minimum Gasteiger partial charge on any atom is -0.394 e. The number of nitrogens with zero attached hydrogens (tertiary/aromatic N) is 3. The van der Waals surface area contributed by atoms with Crippen LogP contribution in [0.25, 0.3) is 0 Å². The van der Waals surface area contributed by atoms with Crippen molar-refractivity contribution in [1.82, 2.24) is 9.78 Å². The number of rotatable bonds is 5. The number of aliphatic hydroxyl groups is 1. The topological polar surface area (TPSA) is 82.4 Å². The third-order valence-electron chi connectivity index (χ3n) is 2.85. The first kappa shape index (κ1) is 14.9. The minimum absolute atomic E-state index is 0.00350. The Labute approximate surface area is 123 Å². The highest BCUT2D eigenvalue weighted by Gasteiger charge is 2.08. The Morgan fingerprint density at radius 2 is 2.10 bits per heavy atom. The summed E-state index contributed by atoms with van der Waals surface area (Å²) < 4.78 is 1.56. The van der Waals surface area contributed by atoms with E-state index in [0.717, 1.165) is 11.4 Å². The lowest BCUT2D eigenvalue weighted by atomic mass is 10.2. The van der Waals surface area contributed by atoms with Gasteiger partial charge >= 0.3 is 6.03 Å². The van der Waals surface area contributed by atoms with E-state index in [9.17, 15) is 4.79 Å². The molecule has 0 saturated heterocycles. The van der Waals surface area contributed by atoms with E-state index < -0.39 is 0 Å². The Kier molecular flexibility index (Phi) is 4.78. The zero-order valence-corrected chi connectivity index (χ0v) is 12.1. The van der Waals surface area contributed by atoms with Gasteiger partial charge in [0.2, 0.25) is 0 Å². The zero-order chi connectivity index (χ0) is 15.2. The molecule has 0 fully saturated rings. The van der Waals surface area contributed by atoms with Crippen molar-refractivity contribution >= 4 is 23.1 Å². The number of amides is 2. The van der Waals surface area contributed by atoms with E-state index >= 15 is 0 Å². The maximum absolute atomic E-state index is 12.0. The van der Waals surface area contributed by atoms with Crippen LogP contribution in [0.15, 0.2) is 36.7 Å². The number of hydrogen-bond donors (Lipinski definition) is 3. The van der Waals surface area contributed by atoms with Crippen molar-refractivity contribution in [1.29, 1.82) is 0 Å². The summed E-state index contributed by atoms with van der Waals surface area (Å²) in [5.41, 5.74) is 2.22. The average Bonchev–Trinajstić information content (AvgIpc) is 2.86. The van der Waals surface area contributed by atoms with E-state index in [1.807, 2.05) is 43.3 Å². The Morgan fingerprint density at radius 3 is 2.81 bits per heavy atom. The van der Waals surface area contributed by atoms with Crippen molar-refractivity contribution in [2.24, 2.45) is 0 Å². The molecule has 0 unspecified atom stereocenters. The maximum Gasteiger partial charge on any atom is 0.323 e. The predicted molar refractivity (Wildman–Crippen MR) is 82.7 cm³/mol. The van der Waals surface area contributed by atoms with Gasteiger partial charge in [0.1, 0.15) is 0 Å². The lowest BCUT2D eigenvalue weighted by Crippen LogP contribution is -2.21. The quantitative estimate of drug-likeness (QED) is 0.780. The lowest BCUT2D eigenvalue weighted by molar-refractivity contribution is 0.262. The van der Waals surface area contributed by atoms with Crippen molar-refractivity contribution in [3.05, 3.63) is 36.7 Å². The van der Waals surface area contributed by atoms with Crippen LogP contribution in [-0.4, -0.2) is 41.6 Å². The molecule has 0 saturated carbocycles. The van der Waals surface area contributed by atoms with E-state index in [-0.39, 0.29) is 12.6 Å². The Morgan fingerprint density at radius 1 is 1.33 bits per heavy atom. The Balaban J connectivity index is 2.01. The molecule has 0 aliphatic rings. The predicted octanol–water partition coefficient (Wildman–Crippen LogP) is 1.59. The van der Waals surface area contributed by atoms with Gasteiger partial charge in [0, 0.05) is 20.3 Å². The number of aliphatic hydroxyl groups excluding tert-OH is 1. The first-order chi connectivity index (χ1) is 10.1. The standard InChI is InChI=1S/C14H19N5O2/c1-18(2)13-6-4-3-5-12(13)17-14(21)16-11-9-15-19(10-11)7-8-20/h3-6,9-10,20H,7-8H2,1-2H3,(H2,16,17,21). The number of aromatic nitrogens is 2. The molecule has 2 rings (SSSR count). The van der Waals surface area contributed by atoms with Gasteiger partial charge in [0.15, 0.2) is 0 Å². The fraction of sp³-hybridized carbons (Fsp3) is 0.286. The normalized spacial score (nSPS) is 10.2. The molecule has 2 aromatic rings. The first-order valence-electron chi connectivity index (χ1n) is 6.58. The molecule has 112 valence electrons. The van der Waals surface area contributed by atoms with Crippen LogP contribution in [-0.2, 0) is 6.54 Å². The highest BCUT2D eigenvalue weighted by molar-refractivity contribution is 6.01. The molecule has 1 aromatic heterocycles. The molecule has 0 radical (unpaired) electrons. The fourth-order valence-corrected chi connectivity index (χ4v) is 1.91. The largest absolute Gasteiger partial charge is 0.394 e. The smallest absolute Gasteiger partial charge is 0.323 e. The highest BCUT2D eigenvalue weighted by Crippen LogP contribution is 2.23. The number of para-hydroxylation sites is 2. The molecule has 7 heteroatoms. The van der Waals surface area contributed by atoms with E-state index in [4.69, 9.17) is 5.11 Å². The summed E-state index contributed by atoms with van der Waals surface area (Å²) >= 11 is 0. The van der Waals surface area contributed by atoms with Crippen LogP contribution in [0.5, 0.6) is 0 Å². The second kappa shape index (κ2) is 6.76. The molecule has 0 atom stereocenters. The summed E-state index contributed by atoms with van der Waals surface area (Å²) in [6, 6.07) is 7.20. The van der Waals surface area contributed by atoms with Crippen LogP contribution in [0.3, 0.4) is 0 Å². The molecule has 3 N–H and O–H groups in total. The summed E-state index contributed by atoms with van der Waals surface area (Å²) in [6.07, 6.45) is 3.20. The molecule has 1 heterocycles. The molecule has 0 bridgehead atoms. The van der Waals surface area contributed by atoms with Crippen molar-refractivity contribution in [3.63, 3.8) is 0 Å². The lowest BCUT2D eigenvalue weighted by Gasteiger charge is -2.17. The average molecular weight is 289 g/mol. The van der Waals surface area contributed by atoms with Gasteiger partial charge < -0.3 is 20.6 Å². The van der Waals surface area contributed by atoms with E-state index in [2.05, 4.69) is 15.7 Å². The van der Waals surface area contributed by atoms with Gasteiger partial charge in [-0.3, -0.25) is 4.68 Å². The molecule has 7 nitrogen and oxygen atoms in total. The van der Waals surface area contributed by atoms with Gasteiger partial charge in [0.25, 0.3) is 0 Å². The van der Waals surface area contributed by atoms with Gasteiger partial charge in [-0.2, -0.15) is 5.10 Å². The molecular weight excluding hydrogens is 270 g/mol. The van der Waals surface area contributed by atoms with Crippen molar-refractivity contribution in [2.75, 3.05) is 36.2 Å². The number of anilines is 3. The third kappa shape index (κ3) is 3.96. The Bertz CT molecular complexity index is 609. The summed E-state index contributed by atoms with van der Waals surface area (Å²) in [7, 11) is 3.83. The van der Waals surface area contributed by atoms with Crippen LogP contribution in [0.1, 0.15) is 0 Å². The first-order valence-corrected chi connectivity index (χ1v) is 6.58. The molecule has 0 aliphatic heterocycles. The van der Waals surface area contributed by atoms with E-state index in [1.54, 1.807) is 10.9 Å². The Hall–Kier alpha value is -2.54. The molecule has 1 aromatic carbocycles. The number of hydrogen-bond acceptors (Lipinski definition) is 4. The third-order valence-corrected chi connectivity index (χ3v) is 2.85. The number of nitrogens with one attached hydrogen (secondary N) is 2. The van der Waals surface area contributed by atoms with Crippen molar-refractivity contribution < 1.29 is 9.90 Å². The van der Waals surface area contributed by atoms with E-state index in [1.165, 1.54) is 6.20 Å². The fourth-order valence-electron chi connectivity index (χ4n) is 1.91. The molecule has 0 spiro atoms. The van der Waals surface area contributed by atoms with Gasteiger partial charge in [-0.25, -0.2) is 4.79 Å². The number of urea groups is 1. The van der Waals surface area contributed by atoms with Crippen LogP contribution in [0.2, 0.25) is 0 Å². The molecule has 2 amide bonds. The SMILES string of the molecule is CN(C)c1ccccc1NC(=O)Nc1cnn(CCO)c1. The van der Waals surface area contributed by atoms with Gasteiger partial charge in [0.05, 0.1) is 36.4 Å². The maximum atomic E-state index is 12.0. The number of benzene rings is 1. The van der Waals surface area contributed by atoms with E-state index in [0.29, 0.717) is 12.2 Å².